The molecular weight excluding hydrogens is 310 g/mol. The molecule has 4 heteroatoms. The van der Waals surface area contributed by atoms with Crippen molar-refractivity contribution < 1.29 is 4.74 Å². The first-order chi connectivity index (χ1) is 5.69. The second-order valence-corrected chi connectivity index (χ2v) is 4.11. The van der Waals surface area contributed by atoms with Crippen LogP contribution in [0.5, 0.6) is 5.75 Å². The fraction of sp³-hybridized carbons (Fsp3) is 0.250. The molecule has 0 aliphatic rings. The Bertz CT molecular complexity index is 263. The molecule has 1 rings (SSSR count). The van der Waals surface area contributed by atoms with E-state index in [9.17, 15) is 0 Å². The lowest BCUT2D eigenvalue weighted by Crippen LogP contribution is -1.89. The van der Waals surface area contributed by atoms with Crippen LogP contribution in [0.2, 0.25) is 5.02 Å². The van der Waals surface area contributed by atoms with Crippen molar-refractivity contribution in [3.8, 4) is 5.75 Å². The van der Waals surface area contributed by atoms with Crippen molar-refractivity contribution in [3.05, 3.63) is 26.3 Å². The van der Waals surface area contributed by atoms with E-state index in [0.29, 0.717) is 16.7 Å². The van der Waals surface area contributed by atoms with Gasteiger partial charge >= 0.3 is 0 Å². The van der Waals surface area contributed by atoms with Crippen molar-refractivity contribution in [1.29, 1.82) is 0 Å². The zero-order chi connectivity index (χ0) is 9.14. The fourth-order valence-corrected chi connectivity index (χ4v) is 2.06. The zero-order valence-corrected chi connectivity index (χ0v) is 10.1. The van der Waals surface area contributed by atoms with E-state index in [1.165, 1.54) is 0 Å². The predicted octanol–water partition coefficient (Wildman–Crippen LogP) is 3.69. The Morgan fingerprint density at radius 1 is 1.50 bits per heavy atom. The summed E-state index contributed by atoms with van der Waals surface area (Å²) in [5, 5.41) is 0.605. The minimum atomic E-state index is 0.409. The van der Waals surface area contributed by atoms with Crippen molar-refractivity contribution in [3.63, 3.8) is 0 Å². The topological polar surface area (TPSA) is 9.23 Å². The van der Waals surface area contributed by atoms with Crippen molar-refractivity contribution in [2.75, 3.05) is 7.11 Å². The fourth-order valence-electron chi connectivity index (χ4n) is 0.864. The molecule has 12 heavy (non-hydrogen) atoms. The van der Waals surface area contributed by atoms with Gasteiger partial charge in [0.15, 0.2) is 0 Å². The van der Waals surface area contributed by atoms with Crippen LogP contribution in [0, 0.1) is 3.57 Å². The van der Waals surface area contributed by atoms with E-state index in [1.807, 2.05) is 12.1 Å². The number of ether oxygens (including phenoxy) is 1. The monoisotopic (exact) mass is 316 g/mol. The van der Waals surface area contributed by atoms with Gasteiger partial charge in [-0.3, -0.25) is 0 Å². The summed E-state index contributed by atoms with van der Waals surface area (Å²) in [4.78, 5) is 0. The average molecular weight is 317 g/mol. The van der Waals surface area contributed by atoms with Crippen LogP contribution in [0.1, 0.15) is 5.56 Å². The number of rotatable bonds is 2. The van der Waals surface area contributed by atoms with Gasteiger partial charge < -0.3 is 4.74 Å². The van der Waals surface area contributed by atoms with Crippen molar-refractivity contribution in [2.24, 2.45) is 0 Å². The first-order valence-electron chi connectivity index (χ1n) is 3.27. The van der Waals surface area contributed by atoms with Crippen molar-refractivity contribution >= 4 is 45.8 Å². The molecule has 0 saturated carbocycles. The number of hydrogen-bond acceptors (Lipinski definition) is 1. The third kappa shape index (κ3) is 2.18. The van der Waals surface area contributed by atoms with E-state index < -0.39 is 0 Å². The molecule has 0 spiro atoms. The quantitative estimate of drug-likeness (QED) is 0.597. The van der Waals surface area contributed by atoms with Crippen LogP contribution >= 0.6 is 45.8 Å². The highest BCUT2D eigenvalue weighted by Gasteiger charge is 2.07. The molecule has 1 aromatic rings. The average Bonchev–Trinajstić information content (AvgIpc) is 2.08. The SMILES string of the molecule is COc1cc(I)cc(CCl)c1Cl. The van der Waals surface area contributed by atoms with Crippen molar-refractivity contribution in [1.82, 2.24) is 0 Å². The van der Waals surface area contributed by atoms with Gasteiger partial charge in [-0.1, -0.05) is 11.6 Å². The Hall–Kier alpha value is 0.330. The smallest absolute Gasteiger partial charge is 0.138 e. The molecule has 0 unspecified atom stereocenters. The van der Waals surface area contributed by atoms with Crippen molar-refractivity contribution in [2.45, 2.75) is 5.88 Å². The third-order valence-corrected chi connectivity index (χ3v) is 2.78. The van der Waals surface area contributed by atoms with E-state index in [1.54, 1.807) is 7.11 Å². The molecular formula is C8H7Cl2IO. The molecule has 0 aromatic heterocycles. The van der Waals surface area contributed by atoms with Gasteiger partial charge in [-0.15, -0.1) is 11.6 Å². The number of halogens is 3. The van der Waals surface area contributed by atoms with E-state index in [-0.39, 0.29) is 0 Å². The maximum Gasteiger partial charge on any atom is 0.138 e. The Balaban J connectivity index is 3.22. The number of hydrogen-bond donors (Lipinski definition) is 0. The van der Waals surface area contributed by atoms with E-state index in [2.05, 4.69) is 22.6 Å². The standard InChI is InChI=1S/C8H7Cl2IO/c1-12-7-3-6(11)2-5(4-9)8(7)10/h2-3H,4H2,1H3. The highest BCUT2D eigenvalue weighted by molar-refractivity contribution is 14.1. The number of benzene rings is 1. The largest absolute Gasteiger partial charge is 0.495 e. The van der Waals surface area contributed by atoms with Crippen LogP contribution in [0.15, 0.2) is 12.1 Å². The molecule has 0 radical (unpaired) electrons. The Morgan fingerprint density at radius 3 is 2.67 bits per heavy atom. The number of alkyl halides is 1. The summed E-state index contributed by atoms with van der Waals surface area (Å²) >= 11 is 13.9. The third-order valence-electron chi connectivity index (χ3n) is 1.44. The lowest BCUT2D eigenvalue weighted by atomic mass is 10.2. The highest BCUT2D eigenvalue weighted by atomic mass is 127. The number of methoxy groups -OCH3 is 1. The van der Waals surface area contributed by atoms with Crippen LogP contribution in [0.4, 0.5) is 0 Å². The maximum absolute atomic E-state index is 5.97. The van der Waals surface area contributed by atoms with E-state index in [4.69, 9.17) is 27.9 Å². The first kappa shape index (κ1) is 10.4. The van der Waals surface area contributed by atoms with Gasteiger partial charge in [0.25, 0.3) is 0 Å². The van der Waals surface area contributed by atoms with Crippen LogP contribution in [0.25, 0.3) is 0 Å². The van der Waals surface area contributed by atoms with E-state index in [0.717, 1.165) is 9.13 Å². The van der Waals surface area contributed by atoms with Gasteiger partial charge in [0.1, 0.15) is 5.75 Å². The molecule has 0 atom stereocenters. The lowest BCUT2D eigenvalue weighted by Gasteiger charge is -2.07. The minimum absolute atomic E-state index is 0.409. The minimum Gasteiger partial charge on any atom is -0.495 e. The predicted molar refractivity (Wildman–Crippen MR) is 60.3 cm³/mol. The summed E-state index contributed by atoms with van der Waals surface area (Å²) in [5.74, 6) is 1.09. The Labute approximate surface area is 95.1 Å². The summed E-state index contributed by atoms with van der Waals surface area (Å²) in [6.45, 7) is 0. The van der Waals surface area contributed by atoms with Crippen LogP contribution in [0.3, 0.4) is 0 Å². The second kappa shape index (κ2) is 4.53. The van der Waals surface area contributed by atoms with Gasteiger partial charge in [-0.2, -0.15) is 0 Å². The first-order valence-corrected chi connectivity index (χ1v) is 5.26. The molecule has 0 aliphatic carbocycles. The zero-order valence-electron chi connectivity index (χ0n) is 6.40. The molecule has 0 N–H and O–H groups in total. The molecule has 66 valence electrons. The van der Waals surface area contributed by atoms with Gasteiger partial charge in [0, 0.05) is 9.45 Å². The Kier molecular flexibility index (Phi) is 3.93. The molecule has 0 fully saturated rings. The molecule has 0 aliphatic heterocycles. The summed E-state index contributed by atoms with van der Waals surface area (Å²) in [6.07, 6.45) is 0. The van der Waals surface area contributed by atoms with Crippen LogP contribution in [-0.2, 0) is 5.88 Å². The lowest BCUT2D eigenvalue weighted by molar-refractivity contribution is 0.414. The molecule has 1 aromatic carbocycles. The summed E-state index contributed by atoms with van der Waals surface area (Å²) in [7, 11) is 1.59. The molecule has 0 heterocycles. The second-order valence-electron chi connectivity index (χ2n) is 2.21. The molecule has 0 saturated heterocycles. The highest BCUT2D eigenvalue weighted by Crippen LogP contribution is 2.31. The Morgan fingerprint density at radius 2 is 2.17 bits per heavy atom. The van der Waals surface area contributed by atoms with Gasteiger partial charge in [-0.05, 0) is 40.3 Å². The normalized spacial score (nSPS) is 10.0. The summed E-state index contributed by atoms with van der Waals surface area (Å²) in [5.41, 5.74) is 0.905. The summed E-state index contributed by atoms with van der Waals surface area (Å²) < 4.78 is 6.15. The maximum atomic E-state index is 5.97. The van der Waals surface area contributed by atoms with E-state index >= 15 is 0 Å². The summed E-state index contributed by atoms with van der Waals surface area (Å²) in [6, 6.07) is 3.82. The molecule has 0 bridgehead atoms. The van der Waals surface area contributed by atoms with Gasteiger partial charge in [-0.25, -0.2) is 0 Å². The van der Waals surface area contributed by atoms with Gasteiger partial charge in [0.2, 0.25) is 0 Å². The molecule has 0 amide bonds. The van der Waals surface area contributed by atoms with Crippen LogP contribution in [-0.4, -0.2) is 7.11 Å². The van der Waals surface area contributed by atoms with Crippen LogP contribution < -0.4 is 4.74 Å². The van der Waals surface area contributed by atoms with Gasteiger partial charge in [0.05, 0.1) is 12.1 Å². The molecule has 1 nitrogen and oxygen atoms in total.